The second-order valence-corrected chi connectivity index (χ2v) is 8.32. The van der Waals surface area contributed by atoms with Gasteiger partial charge in [0.1, 0.15) is 12.2 Å². The van der Waals surface area contributed by atoms with Crippen LogP contribution in [0.25, 0.3) is 0 Å². The van der Waals surface area contributed by atoms with E-state index < -0.39 is 5.60 Å². The van der Waals surface area contributed by atoms with Crippen LogP contribution in [0.1, 0.15) is 32.8 Å². The summed E-state index contributed by atoms with van der Waals surface area (Å²) >= 11 is 0. The highest BCUT2D eigenvalue weighted by Crippen LogP contribution is 2.26. The molecular formula is C20H29N3O4. The summed E-state index contributed by atoms with van der Waals surface area (Å²) in [6.45, 7) is 8.82. The van der Waals surface area contributed by atoms with Gasteiger partial charge in [-0.2, -0.15) is 0 Å². The summed E-state index contributed by atoms with van der Waals surface area (Å²) in [6, 6.07) is 9.64. The number of piperazine rings is 1. The number of rotatable bonds is 2. The van der Waals surface area contributed by atoms with Crippen LogP contribution >= 0.6 is 0 Å². The molecule has 2 aliphatic heterocycles. The van der Waals surface area contributed by atoms with E-state index in [0.717, 1.165) is 12.0 Å². The Morgan fingerprint density at radius 3 is 2.41 bits per heavy atom. The molecule has 3 rings (SSSR count). The topological polar surface area (TPSA) is 71.1 Å². The number of hydrogen-bond donors (Lipinski definition) is 1. The third-order valence-electron chi connectivity index (χ3n) is 4.84. The van der Waals surface area contributed by atoms with E-state index in [1.54, 1.807) is 9.80 Å². The van der Waals surface area contributed by atoms with Gasteiger partial charge in [-0.15, -0.1) is 0 Å². The minimum absolute atomic E-state index is 0.265. The van der Waals surface area contributed by atoms with Gasteiger partial charge in [0.25, 0.3) is 0 Å². The molecule has 27 heavy (non-hydrogen) atoms. The zero-order chi connectivity index (χ0) is 19.5. The number of ether oxygens (including phenoxy) is 2. The van der Waals surface area contributed by atoms with E-state index in [9.17, 15) is 9.59 Å². The number of carbonyl (C=O) groups excluding carboxylic acids is 2. The molecule has 2 aliphatic rings. The average Bonchev–Trinajstić information content (AvgIpc) is 3.02. The van der Waals surface area contributed by atoms with Crippen molar-refractivity contribution in [3.63, 3.8) is 0 Å². The lowest BCUT2D eigenvalue weighted by Gasteiger charge is -2.41. The Balaban J connectivity index is 1.54. The molecule has 0 saturated carbocycles. The Kier molecular flexibility index (Phi) is 5.60. The van der Waals surface area contributed by atoms with Crippen LogP contribution in [-0.2, 0) is 16.1 Å². The molecule has 7 nitrogen and oxygen atoms in total. The third kappa shape index (κ3) is 5.13. The summed E-state index contributed by atoms with van der Waals surface area (Å²) in [5, 5.41) is 3.50. The van der Waals surface area contributed by atoms with E-state index >= 15 is 0 Å². The number of carbonyl (C=O) groups is 2. The van der Waals surface area contributed by atoms with Crippen molar-refractivity contribution in [3.05, 3.63) is 35.9 Å². The molecule has 148 valence electrons. The Hall–Kier alpha value is -2.28. The van der Waals surface area contributed by atoms with E-state index in [1.165, 1.54) is 0 Å². The fourth-order valence-electron chi connectivity index (χ4n) is 3.55. The molecule has 2 amide bonds. The fourth-order valence-corrected chi connectivity index (χ4v) is 3.55. The fraction of sp³-hybridized carbons (Fsp3) is 0.600. The Morgan fingerprint density at radius 2 is 1.74 bits per heavy atom. The van der Waals surface area contributed by atoms with Gasteiger partial charge in [-0.1, -0.05) is 30.3 Å². The molecule has 1 aromatic carbocycles. The first kappa shape index (κ1) is 19.5. The third-order valence-corrected chi connectivity index (χ3v) is 4.84. The smallest absolute Gasteiger partial charge is 0.410 e. The highest BCUT2D eigenvalue weighted by molar-refractivity contribution is 5.69. The van der Waals surface area contributed by atoms with Gasteiger partial charge in [-0.3, -0.25) is 0 Å². The molecular weight excluding hydrogens is 346 g/mol. The van der Waals surface area contributed by atoms with Crippen molar-refractivity contribution in [1.29, 1.82) is 0 Å². The molecule has 7 heteroatoms. The van der Waals surface area contributed by atoms with Crippen LogP contribution in [0.3, 0.4) is 0 Å². The van der Waals surface area contributed by atoms with Gasteiger partial charge in [0.2, 0.25) is 0 Å². The van der Waals surface area contributed by atoms with Crippen molar-refractivity contribution in [2.45, 2.75) is 44.9 Å². The van der Waals surface area contributed by atoms with E-state index in [-0.39, 0.29) is 24.3 Å². The van der Waals surface area contributed by atoms with Crippen molar-refractivity contribution in [3.8, 4) is 0 Å². The van der Waals surface area contributed by atoms with Crippen LogP contribution in [-0.4, -0.2) is 65.9 Å². The Morgan fingerprint density at radius 1 is 1.07 bits per heavy atom. The minimum atomic E-state index is -0.516. The monoisotopic (exact) mass is 375 g/mol. The predicted octanol–water partition coefficient (Wildman–Crippen LogP) is 2.61. The van der Waals surface area contributed by atoms with Gasteiger partial charge < -0.3 is 24.6 Å². The van der Waals surface area contributed by atoms with Crippen molar-refractivity contribution in [2.75, 3.05) is 32.7 Å². The standard InChI is InChI=1S/C20H29N3O4/c1-19(2,3)27-18(25)23-12-10-21-20(15-23)9-11-22(14-20)17(24)26-13-16-7-5-4-6-8-16/h4-8,21H,9-15H2,1-3H3/t20-/m0/s1. The lowest BCUT2D eigenvalue weighted by Crippen LogP contribution is -2.63. The number of hydrogen-bond acceptors (Lipinski definition) is 5. The molecule has 1 atom stereocenters. The molecule has 0 aromatic heterocycles. The largest absolute Gasteiger partial charge is 0.445 e. The molecule has 0 bridgehead atoms. The maximum Gasteiger partial charge on any atom is 0.410 e. The van der Waals surface area contributed by atoms with Crippen LogP contribution in [0, 0.1) is 0 Å². The van der Waals surface area contributed by atoms with Crippen LogP contribution < -0.4 is 5.32 Å². The van der Waals surface area contributed by atoms with Crippen LogP contribution in [0.4, 0.5) is 9.59 Å². The van der Waals surface area contributed by atoms with E-state index in [4.69, 9.17) is 9.47 Å². The summed E-state index contributed by atoms with van der Waals surface area (Å²) in [6.07, 6.45) is 0.174. The second-order valence-electron chi connectivity index (χ2n) is 8.32. The summed E-state index contributed by atoms with van der Waals surface area (Å²) in [7, 11) is 0. The summed E-state index contributed by atoms with van der Waals surface area (Å²) < 4.78 is 10.9. The summed E-state index contributed by atoms with van der Waals surface area (Å²) in [4.78, 5) is 28.3. The molecule has 1 spiro atoms. The average molecular weight is 375 g/mol. The van der Waals surface area contributed by atoms with Gasteiger partial charge >= 0.3 is 12.2 Å². The highest BCUT2D eigenvalue weighted by atomic mass is 16.6. The van der Waals surface area contributed by atoms with Crippen LogP contribution in [0.5, 0.6) is 0 Å². The molecule has 1 aromatic rings. The molecule has 2 fully saturated rings. The molecule has 0 radical (unpaired) electrons. The zero-order valence-corrected chi connectivity index (χ0v) is 16.4. The molecule has 0 aliphatic carbocycles. The van der Waals surface area contributed by atoms with Crippen molar-refractivity contribution >= 4 is 12.2 Å². The normalized spacial score (nSPS) is 22.8. The summed E-state index contributed by atoms with van der Waals surface area (Å²) in [5.74, 6) is 0. The number of nitrogens with zero attached hydrogens (tertiary/aromatic N) is 2. The van der Waals surface area contributed by atoms with E-state index in [2.05, 4.69) is 5.32 Å². The number of nitrogens with one attached hydrogen (secondary N) is 1. The minimum Gasteiger partial charge on any atom is -0.445 e. The van der Waals surface area contributed by atoms with Crippen LogP contribution in [0.2, 0.25) is 0 Å². The lowest BCUT2D eigenvalue weighted by molar-refractivity contribution is 0.0129. The molecule has 1 N–H and O–H groups in total. The van der Waals surface area contributed by atoms with Crippen molar-refractivity contribution < 1.29 is 19.1 Å². The predicted molar refractivity (Wildman–Crippen MR) is 101 cm³/mol. The van der Waals surface area contributed by atoms with Crippen LogP contribution in [0.15, 0.2) is 30.3 Å². The SMILES string of the molecule is CC(C)(C)OC(=O)N1CCN[C@]2(CCN(C(=O)OCc3ccccc3)C2)C1. The maximum absolute atomic E-state index is 12.4. The molecule has 2 saturated heterocycles. The number of amides is 2. The number of benzene rings is 1. The first-order chi connectivity index (χ1) is 12.8. The van der Waals surface area contributed by atoms with Crippen molar-refractivity contribution in [1.82, 2.24) is 15.1 Å². The first-order valence-electron chi connectivity index (χ1n) is 9.45. The van der Waals surface area contributed by atoms with Gasteiger partial charge in [0.15, 0.2) is 0 Å². The highest BCUT2D eigenvalue weighted by Gasteiger charge is 2.44. The summed E-state index contributed by atoms with van der Waals surface area (Å²) in [5.41, 5.74) is 0.158. The van der Waals surface area contributed by atoms with Gasteiger partial charge in [0, 0.05) is 32.7 Å². The second kappa shape index (κ2) is 7.76. The van der Waals surface area contributed by atoms with Gasteiger partial charge in [-0.25, -0.2) is 9.59 Å². The first-order valence-corrected chi connectivity index (χ1v) is 9.45. The van der Waals surface area contributed by atoms with Crippen molar-refractivity contribution in [2.24, 2.45) is 0 Å². The van der Waals surface area contributed by atoms with E-state index in [0.29, 0.717) is 32.7 Å². The zero-order valence-electron chi connectivity index (χ0n) is 16.4. The number of likely N-dealkylation sites (tertiary alicyclic amines) is 1. The molecule has 0 unspecified atom stereocenters. The molecule has 2 heterocycles. The Bertz CT molecular complexity index is 674. The quantitative estimate of drug-likeness (QED) is 0.860. The van der Waals surface area contributed by atoms with Gasteiger partial charge in [-0.05, 0) is 32.8 Å². The maximum atomic E-state index is 12.4. The lowest BCUT2D eigenvalue weighted by atomic mass is 9.96. The van der Waals surface area contributed by atoms with Gasteiger partial charge in [0.05, 0.1) is 5.54 Å². The van der Waals surface area contributed by atoms with E-state index in [1.807, 2.05) is 51.1 Å². The Labute approximate surface area is 160 Å².